The molecular formula is C17H20N4O. The van der Waals surface area contributed by atoms with E-state index in [4.69, 9.17) is 0 Å². The largest absolute Gasteiger partial charge is 0.348 e. The van der Waals surface area contributed by atoms with Crippen LogP contribution in [-0.2, 0) is 6.42 Å². The van der Waals surface area contributed by atoms with E-state index in [9.17, 15) is 4.79 Å². The number of hydrogen-bond acceptors (Lipinski definition) is 4. The molecule has 22 heavy (non-hydrogen) atoms. The molecule has 5 heteroatoms. The van der Waals surface area contributed by atoms with Crippen LogP contribution in [0.4, 0.5) is 11.5 Å². The van der Waals surface area contributed by atoms with Crippen LogP contribution in [0.5, 0.6) is 0 Å². The van der Waals surface area contributed by atoms with Crippen molar-refractivity contribution in [2.75, 3.05) is 4.90 Å². The molecule has 0 saturated heterocycles. The third-order valence-electron chi connectivity index (χ3n) is 3.76. The molecule has 1 aromatic heterocycles. The fraction of sp³-hybridized carbons (Fsp3) is 0.353. The van der Waals surface area contributed by atoms with Gasteiger partial charge < -0.3 is 10.2 Å². The predicted octanol–water partition coefficient (Wildman–Crippen LogP) is 2.70. The molecule has 1 N–H and O–H groups in total. The first-order valence-electron chi connectivity index (χ1n) is 7.58. The van der Waals surface area contributed by atoms with Crippen LogP contribution in [0, 0.1) is 0 Å². The molecule has 0 fully saturated rings. The Morgan fingerprint density at radius 3 is 2.68 bits per heavy atom. The van der Waals surface area contributed by atoms with E-state index in [0.29, 0.717) is 11.7 Å². The van der Waals surface area contributed by atoms with Gasteiger partial charge in [0.2, 0.25) is 0 Å². The summed E-state index contributed by atoms with van der Waals surface area (Å²) in [5, 5.41) is 11.2. The molecule has 1 unspecified atom stereocenters. The number of amides is 1. The number of benzene rings is 1. The average molecular weight is 296 g/mol. The highest BCUT2D eigenvalue weighted by atomic mass is 16.2. The lowest BCUT2D eigenvalue weighted by atomic mass is 10.1. The van der Waals surface area contributed by atoms with Crippen LogP contribution in [0.15, 0.2) is 36.4 Å². The molecule has 0 aliphatic carbocycles. The van der Waals surface area contributed by atoms with Gasteiger partial charge in [-0.3, -0.25) is 4.79 Å². The third-order valence-corrected chi connectivity index (χ3v) is 3.76. The number of carbonyl (C=O) groups excluding carboxylic acids is 1. The first kappa shape index (κ1) is 14.5. The van der Waals surface area contributed by atoms with E-state index in [-0.39, 0.29) is 11.9 Å². The maximum Gasteiger partial charge on any atom is 0.271 e. The number of hydrogen-bond donors (Lipinski definition) is 1. The SMILES string of the molecule is CC(C)NC(=O)c1ccc(N2c3ccccc3CC2C)nn1. The van der Waals surface area contributed by atoms with Gasteiger partial charge in [0.1, 0.15) is 0 Å². The van der Waals surface area contributed by atoms with Crippen molar-refractivity contribution in [3.05, 3.63) is 47.7 Å². The fourth-order valence-corrected chi connectivity index (χ4v) is 2.83. The number of anilines is 2. The minimum absolute atomic E-state index is 0.0828. The molecule has 0 spiro atoms. The van der Waals surface area contributed by atoms with Crippen LogP contribution in [0.3, 0.4) is 0 Å². The van der Waals surface area contributed by atoms with Crippen molar-refractivity contribution in [3.8, 4) is 0 Å². The first-order valence-corrected chi connectivity index (χ1v) is 7.58. The molecule has 1 atom stereocenters. The number of rotatable bonds is 3. The molecule has 1 aliphatic rings. The van der Waals surface area contributed by atoms with Crippen LogP contribution in [0.1, 0.15) is 36.8 Å². The molecule has 1 aromatic carbocycles. The summed E-state index contributed by atoms with van der Waals surface area (Å²) in [5.41, 5.74) is 2.83. The van der Waals surface area contributed by atoms with Gasteiger partial charge in [-0.05, 0) is 51.0 Å². The lowest BCUT2D eigenvalue weighted by Crippen LogP contribution is -2.31. The van der Waals surface area contributed by atoms with Gasteiger partial charge in [-0.25, -0.2) is 0 Å². The Bertz CT molecular complexity index is 681. The van der Waals surface area contributed by atoms with Crippen molar-refractivity contribution in [2.45, 2.75) is 39.3 Å². The van der Waals surface area contributed by atoms with Gasteiger partial charge in [-0.1, -0.05) is 18.2 Å². The Balaban J connectivity index is 1.86. The van der Waals surface area contributed by atoms with Crippen molar-refractivity contribution in [1.29, 1.82) is 0 Å². The quantitative estimate of drug-likeness (QED) is 0.946. The highest BCUT2D eigenvalue weighted by molar-refractivity contribution is 5.92. The number of para-hydroxylation sites is 1. The van der Waals surface area contributed by atoms with Crippen LogP contribution in [0.2, 0.25) is 0 Å². The van der Waals surface area contributed by atoms with E-state index in [1.807, 2.05) is 26.0 Å². The molecular weight excluding hydrogens is 276 g/mol. The minimum Gasteiger partial charge on any atom is -0.348 e. The van der Waals surface area contributed by atoms with E-state index < -0.39 is 0 Å². The van der Waals surface area contributed by atoms with Gasteiger partial charge in [0.25, 0.3) is 5.91 Å². The molecule has 1 amide bonds. The van der Waals surface area contributed by atoms with E-state index >= 15 is 0 Å². The van der Waals surface area contributed by atoms with Gasteiger partial charge >= 0.3 is 0 Å². The van der Waals surface area contributed by atoms with Gasteiger partial charge in [-0.2, -0.15) is 0 Å². The Labute approximate surface area is 130 Å². The van der Waals surface area contributed by atoms with Crippen molar-refractivity contribution in [1.82, 2.24) is 15.5 Å². The smallest absolute Gasteiger partial charge is 0.271 e. The zero-order valence-electron chi connectivity index (χ0n) is 13.1. The van der Waals surface area contributed by atoms with Gasteiger partial charge in [0.05, 0.1) is 0 Å². The Morgan fingerprint density at radius 2 is 2.00 bits per heavy atom. The summed E-state index contributed by atoms with van der Waals surface area (Å²) in [6, 6.07) is 12.3. The van der Waals surface area contributed by atoms with Gasteiger partial charge in [0, 0.05) is 17.8 Å². The standard InChI is InChI=1S/C17H20N4O/c1-11(2)18-17(22)14-8-9-16(20-19-14)21-12(3)10-13-6-4-5-7-15(13)21/h4-9,11-12H,10H2,1-3H3,(H,18,22). The summed E-state index contributed by atoms with van der Waals surface area (Å²) in [5.74, 6) is 0.586. The summed E-state index contributed by atoms with van der Waals surface area (Å²) in [4.78, 5) is 14.1. The molecule has 5 nitrogen and oxygen atoms in total. The molecule has 2 heterocycles. The number of aromatic nitrogens is 2. The van der Waals surface area contributed by atoms with Crippen LogP contribution < -0.4 is 10.2 Å². The second kappa shape index (κ2) is 5.75. The average Bonchev–Trinajstić information content (AvgIpc) is 2.82. The van der Waals surface area contributed by atoms with E-state index in [1.165, 1.54) is 11.3 Å². The fourth-order valence-electron chi connectivity index (χ4n) is 2.83. The van der Waals surface area contributed by atoms with Crippen LogP contribution >= 0.6 is 0 Å². The van der Waals surface area contributed by atoms with E-state index in [1.54, 1.807) is 6.07 Å². The lowest BCUT2D eigenvalue weighted by Gasteiger charge is -2.23. The second-order valence-electron chi connectivity index (χ2n) is 5.96. The van der Waals surface area contributed by atoms with E-state index in [0.717, 1.165) is 12.2 Å². The van der Waals surface area contributed by atoms with Crippen LogP contribution in [0.25, 0.3) is 0 Å². The van der Waals surface area contributed by atoms with Crippen molar-refractivity contribution in [3.63, 3.8) is 0 Å². The lowest BCUT2D eigenvalue weighted by molar-refractivity contribution is 0.0937. The monoisotopic (exact) mass is 296 g/mol. The van der Waals surface area contributed by atoms with E-state index in [2.05, 4.69) is 45.5 Å². The summed E-state index contributed by atoms with van der Waals surface area (Å²) in [7, 11) is 0. The van der Waals surface area contributed by atoms with Gasteiger partial charge in [-0.15, -0.1) is 10.2 Å². The number of nitrogens with one attached hydrogen (secondary N) is 1. The Hall–Kier alpha value is -2.43. The first-order chi connectivity index (χ1) is 10.6. The Kier molecular flexibility index (Phi) is 3.79. The molecule has 114 valence electrons. The van der Waals surface area contributed by atoms with Crippen LogP contribution in [-0.4, -0.2) is 28.2 Å². The second-order valence-corrected chi connectivity index (χ2v) is 5.96. The zero-order chi connectivity index (χ0) is 15.7. The highest BCUT2D eigenvalue weighted by Crippen LogP contribution is 2.36. The predicted molar refractivity (Wildman–Crippen MR) is 86.4 cm³/mol. The number of nitrogens with zero attached hydrogens (tertiary/aromatic N) is 3. The maximum atomic E-state index is 11.9. The van der Waals surface area contributed by atoms with Gasteiger partial charge in [0.15, 0.2) is 11.5 Å². The normalized spacial score (nSPS) is 16.7. The summed E-state index contributed by atoms with van der Waals surface area (Å²) >= 11 is 0. The summed E-state index contributed by atoms with van der Waals surface area (Å²) in [6.45, 7) is 6.01. The molecule has 3 rings (SSSR count). The van der Waals surface area contributed by atoms with Crippen molar-refractivity contribution < 1.29 is 4.79 Å². The third kappa shape index (κ3) is 2.66. The molecule has 0 radical (unpaired) electrons. The minimum atomic E-state index is -0.191. The molecule has 2 aromatic rings. The molecule has 0 bridgehead atoms. The number of carbonyl (C=O) groups is 1. The maximum absolute atomic E-state index is 11.9. The molecule has 0 saturated carbocycles. The van der Waals surface area contributed by atoms with Crippen molar-refractivity contribution >= 4 is 17.4 Å². The summed E-state index contributed by atoms with van der Waals surface area (Å²) < 4.78 is 0. The highest BCUT2D eigenvalue weighted by Gasteiger charge is 2.28. The van der Waals surface area contributed by atoms with Crippen molar-refractivity contribution in [2.24, 2.45) is 0 Å². The zero-order valence-corrected chi connectivity index (χ0v) is 13.1. The Morgan fingerprint density at radius 1 is 1.23 bits per heavy atom. The topological polar surface area (TPSA) is 58.1 Å². The molecule has 1 aliphatic heterocycles. The number of fused-ring (bicyclic) bond motifs is 1. The summed E-state index contributed by atoms with van der Waals surface area (Å²) in [6.07, 6.45) is 0.993.